The third kappa shape index (κ3) is 11.9. The minimum Gasteiger partial charge on any atom is -0.303 e. The molecule has 0 bridgehead atoms. The van der Waals surface area contributed by atoms with Crippen molar-refractivity contribution in [2.24, 2.45) is 5.92 Å². The van der Waals surface area contributed by atoms with Crippen molar-refractivity contribution >= 4 is 0 Å². The van der Waals surface area contributed by atoms with Crippen LogP contribution < -0.4 is 0 Å². The van der Waals surface area contributed by atoms with Gasteiger partial charge in [0.15, 0.2) is 0 Å². The third-order valence-corrected chi connectivity index (χ3v) is 2.42. The fourth-order valence-corrected chi connectivity index (χ4v) is 1.60. The molecule has 0 N–H and O–H groups in total. The van der Waals surface area contributed by atoms with Crippen LogP contribution in [0.15, 0.2) is 0 Å². The zero-order valence-corrected chi connectivity index (χ0v) is 12.0. The van der Waals surface area contributed by atoms with Crippen molar-refractivity contribution in [2.75, 3.05) is 19.6 Å². The van der Waals surface area contributed by atoms with E-state index < -0.39 is 0 Å². The highest BCUT2D eigenvalue weighted by molar-refractivity contribution is 4.68. The molecule has 0 aromatic carbocycles. The Morgan fingerprint density at radius 2 is 1.40 bits per heavy atom. The Bertz CT molecular complexity index is 93.5. The molecule has 0 aromatic heterocycles. The van der Waals surface area contributed by atoms with Gasteiger partial charge >= 0.3 is 0 Å². The van der Waals surface area contributed by atoms with Crippen LogP contribution in [0.25, 0.3) is 0 Å². The Labute approximate surface area is 98.2 Å². The summed E-state index contributed by atoms with van der Waals surface area (Å²) in [6.07, 6.45) is 5.40. The molecule has 1 nitrogen and oxygen atoms in total. The summed E-state index contributed by atoms with van der Waals surface area (Å²) in [5, 5.41) is 0. The molecule has 1 aliphatic heterocycles. The molecule has 0 spiro atoms. The summed E-state index contributed by atoms with van der Waals surface area (Å²) in [7, 11) is 0. The Morgan fingerprint density at radius 1 is 1.00 bits per heavy atom. The molecule has 1 heteroatoms. The average Bonchev–Trinajstić information content (AvgIpc) is 2.26. The van der Waals surface area contributed by atoms with Gasteiger partial charge in [0, 0.05) is 0 Å². The number of piperidine rings is 1. The van der Waals surface area contributed by atoms with E-state index in [0.717, 1.165) is 5.92 Å². The van der Waals surface area contributed by atoms with E-state index in [1.807, 2.05) is 13.8 Å². The molecular weight excluding hydrogens is 182 g/mol. The predicted molar refractivity (Wildman–Crippen MR) is 72.4 cm³/mol. The minimum atomic E-state index is 0.980. The smallest absolute Gasteiger partial charge is 0.00162 e. The molecule has 0 amide bonds. The first-order valence-electron chi connectivity index (χ1n) is 6.96. The highest BCUT2D eigenvalue weighted by Gasteiger charge is 2.13. The van der Waals surface area contributed by atoms with Crippen LogP contribution in [0.4, 0.5) is 0 Å². The van der Waals surface area contributed by atoms with E-state index in [9.17, 15) is 0 Å². The Hall–Kier alpha value is -0.0400. The summed E-state index contributed by atoms with van der Waals surface area (Å²) < 4.78 is 0. The normalized spacial score (nSPS) is 17.2. The van der Waals surface area contributed by atoms with Gasteiger partial charge < -0.3 is 4.90 Å². The van der Waals surface area contributed by atoms with Crippen molar-refractivity contribution < 1.29 is 0 Å². The predicted octanol–water partition coefficient (Wildman–Crippen LogP) is 4.57. The molecular formula is C14H33N. The zero-order valence-electron chi connectivity index (χ0n) is 12.0. The standard InChI is InChI=1S/C9H19N.C3H8.C2H6/c1-3-6-10-7-4-9(2)5-8-10;1-3-2;1-2/h9H,3-8H2,1-2H3;3H2,1-2H3;1-2H3. The molecule has 1 heterocycles. The lowest BCUT2D eigenvalue weighted by Crippen LogP contribution is -2.33. The van der Waals surface area contributed by atoms with Crippen molar-refractivity contribution in [1.29, 1.82) is 0 Å². The van der Waals surface area contributed by atoms with E-state index in [4.69, 9.17) is 0 Å². The molecule has 0 atom stereocenters. The second-order valence-electron chi connectivity index (χ2n) is 4.23. The van der Waals surface area contributed by atoms with Crippen LogP contribution in [0.3, 0.4) is 0 Å². The molecule has 94 valence electrons. The maximum absolute atomic E-state index is 2.58. The SMILES string of the molecule is CC.CCC.CCCN1CCC(C)CC1. The maximum atomic E-state index is 2.58. The summed E-state index contributed by atoms with van der Waals surface area (Å²) in [5.74, 6) is 0.980. The summed E-state index contributed by atoms with van der Waals surface area (Å²) >= 11 is 0. The second kappa shape index (κ2) is 14.0. The Morgan fingerprint density at radius 3 is 1.73 bits per heavy atom. The van der Waals surface area contributed by atoms with Crippen LogP contribution in [-0.2, 0) is 0 Å². The maximum Gasteiger partial charge on any atom is -0.00162 e. The summed E-state index contributed by atoms with van der Waals surface area (Å²) in [5.41, 5.74) is 0. The van der Waals surface area contributed by atoms with Crippen LogP contribution in [0.5, 0.6) is 0 Å². The number of rotatable bonds is 2. The van der Waals surface area contributed by atoms with Crippen LogP contribution in [0.2, 0.25) is 0 Å². The van der Waals surface area contributed by atoms with E-state index in [2.05, 4.69) is 32.6 Å². The van der Waals surface area contributed by atoms with E-state index in [1.54, 1.807) is 0 Å². The summed E-state index contributed by atoms with van der Waals surface area (Å²) in [6, 6.07) is 0. The van der Waals surface area contributed by atoms with Crippen LogP contribution in [0.1, 0.15) is 67.2 Å². The minimum absolute atomic E-state index is 0.980. The van der Waals surface area contributed by atoms with Crippen LogP contribution >= 0.6 is 0 Å². The van der Waals surface area contributed by atoms with Gasteiger partial charge in [0.2, 0.25) is 0 Å². The molecule has 15 heavy (non-hydrogen) atoms. The van der Waals surface area contributed by atoms with E-state index >= 15 is 0 Å². The first-order valence-corrected chi connectivity index (χ1v) is 6.96. The largest absolute Gasteiger partial charge is 0.303 e. The highest BCUT2D eigenvalue weighted by atomic mass is 15.1. The Kier molecular flexibility index (Phi) is 16.2. The van der Waals surface area contributed by atoms with E-state index in [-0.39, 0.29) is 0 Å². The van der Waals surface area contributed by atoms with Gasteiger partial charge in [0.05, 0.1) is 0 Å². The van der Waals surface area contributed by atoms with Crippen molar-refractivity contribution in [1.82, 2.24) is 4.90 Å². The fourth-order valence-electron chi connectivity index (χ4n) is 1.60. The van der Waals surface area contributed by atoms with Gasteiger partial charge in [-0.25, -0.2) is 0 Å². The van der Waals surface area contributed by atoms with E-state index in [0.29, 0.717) is 0 Å². The van der Waals surface area contributed by atoms with Gasteiger partial charge in [-0.1, -0.05) is 48.0 Å². The lowest BCUT2D eigenvalue weighted by atomic mass is 9.99. The summed E-state index contributed by atoms with van der Waals surface area (Å²) in [6.45, 7) is 16.9. The van der Waals surface area contributed by atoms with Crippen molar-refractivity contribution in [3.05, 3.63) is 0 Å². The highest BCUT2D eigenvalue weighted by Crippen LogP contribution is 2.15. The average molecular weight is 215 g/mol. The molecule has 1 saturated heterocycles. The van der Waals surface area contributed by atoms with Crippen molar-refractivity contribution in [2.45, 2.75) is 67.2 Å². The number of hydrogen-bond acceptors (Lipinski definition) is 1. The molecule has 1 aliphatic rings. The van der Waals surface area contributed by atoms with Gasteiger partial charge in [-0.05, 0) is 44.8 Å². The lowest BCUT2D eigenvalue weighted by Gasteiger charge is -2.29. The first-order chi connectivity index (χ1) is 7.24. The van der Waals surface area contributed by atoms with Gasteiger partial charge in [0.25, 0.3) is 0 Å². The van der Waals surface area contributed by atoms with Gasteiger partial charge in [-0.2, -0.15) is 0 Å². The monoisotopic (exact) mass is 215 g/mol. The molecule has 0 radical (unpaired) electrons. The van der Waals surface area contributed by atoms with Gasteiger partial charge in [-0.15, -0.1) is 0 Å². The van der Waals surface area contributed by atoms with Crippen molar-refractivity contribution in [3.63, 3.8) is 0 Å². The molecule has 0 saturated carbocycles. The summed E-state index contributed by atoms with van der Waals surface area (Å²) in [4.78, 5) is 2.58. The Balaban J connectivity index is 0. The lowest BCUT2D eigenvalue weighted by molar-refractivity contribution is 0.193. The number of nitrogens with zero attached hydrogens (tertiary/aromatic N) is 1. The number of likely N-dealkylation sites (tertiary alicyclic amines) is 1. The number of hydrogen-bond donors (Lipinski definition) is 0. The topological polar surface area (TPSA) is 3.24 Å². The second-order valence-corrected chi connectivity index (χ2v) is 4.23. The molecule has 1 rings (SSSR count). The first kappa shape index (κ1) is 17.4. The van der Waals surface area contributed by atoms with E-state index in [1.165, 1.54) is 45.3 Å². The van der Waals surface area contributed by atoms with Crippen LogP contribution in [-0.4, -0.2) is 24.5 Å². The third-order valence-electron chi connectivity index (χ3n) is 2.42. The molecule has 1 fully saturated rings. The van der Waals surface area contributed by atoms with Gasteiger partial charge in [0.1, 0.15) is 0 Å². The zero-order chi connectivity index (χ0) is 12.1. The van der Waals surface area contributed by atoms with Crippen LogP contribution in [0, 0.1) is 5.92 Å². The molecule has 0 unspecified atom stereocenters. The molecule has 0 aliphatic carbocycles. The van der Waals surface area contributed by atoms with Gasteiger partial charge in [-0.3, -0.25) is 0 Å². The molecule has 0 aromatic rings. The fraction of sp³-hybridized carbons (Fsp3) is 1.00. The van der Waals surface area contributed by atoms with Crippen molar-refractivity contribution in [3.8, 4) is 0 Å². The quantitative estimate of drug-likeness (QED) is 0.652.